The predicted octanol–water partition coefficient (Wildman–Crippen LogP) is 1.59. The standard InChI is InChI=1S/C8H13NOS/c1-3-9-6-11-8(4-5-10)7(9)2/h10H,3-5H2,1-2H3. The molecule has 1 N–H and O–H groups in total. The van der Waals surface area contributed by atoms with E-state index < -0.39 is 0 Å². The van der Waals surface area contributed by atoms with Gasteiger partial charge in [-0.25, -0.2) is 0 Å². The molecule has 0 aromatic heterocycles. The van der Waals surface area contributed by atoms with Crippen LogP contribution < -0.4 is 0 Å². The summed E-state index contributed by atoms with van der Waals surface area (Å²) >= 11 is 1.60. The number of nitrogens with zero attached hydrogens (tertiary/aromatic N) is 1. The summed E-state index contributed by atoms with van der Waals surface area (Å²) in [6.45, 7) is 5.37. The fourth-order valence-electron chi connectivity index (χ4n) is 1.04. The van der Waals surface area contributed by atoms with Crippen LogP contribution >= 0.6 is 11.2 Å². The van der Waals surface area contributed by atoms with E-state index in [0.717, 1.165) is 13.0 Å². The minimum Gasteiger partial charge on any atom is -0.396 e. The Kier molecular flexibility index (Phi) is 2.94. The highest BCUT2D eigenvalue weighted by Gasteiger charge is 2.10. The number of hydrogen-bond acceptors (Lipinski definition) is 2. The van der Waals surface area contributed by atoms with Crippen LogP contribution in [0.15, 0.2) is 10.6 Å². The normalized spacial score (nSPS) is 16.1. The first-order valence-corrected chi connectivity index (χ1v) is 4.62. The third-order valence-corrected chi connectivity index (χ3v) is 2.80. The lowest BCUT2D eigenvalue weighted by atomic mass is 10.3. The van der Waals surface area contributed by atoms with E-state index in [1.54, 1.807) is 11.2 Å². The molecular weight excluding hydrogens is 158 g/mol. The Hall–Kier alpha value is -0.500. The van der Waals surface area contributed by atoms with Crippen LogP contribution in [0.1, 0.15) is 20.3 Å². The van der Waals surface area contributed by atoms with Crippen LogP contribution in [0.2, 0.25) is 0 Å². The minimum absolute atomic E-state index is 0.235. The quantitative estimate of drug-likeness (QED) is 0.697. The molecule has 11 heavy (non-hydrogen) atoms. The van der Waals surface area contributed by atoms with E-state index in [1.807, 2.05) is 0 Å². The molecule has 1 aliphatic heterocycles. The third kappa shape index (κ3) is 1.74. The van der Waals surface area contributed by atoms with E-state index in [4.69, 9.17) is 5.11 Å². The fraction of sp³-hybridized carbons (Fsp3) is 0.625. The Morgan fingerprint density at radius 2 is 2.36 bits per heavy atom. The fourth-order valence-corrected chi connectivity index (χ4v) is 1.98. The average molecular weight is 171 g/mol. The van der Waals surface area contributed by atoms with Crippen LogP contribution in [0.25, 0.3) is 0 Å². The van der Waals surface area contributed by atoms with Crippen LogP contribution in [0.5, 0.6) is 0 Å². The molecule has 1 rings (SSSR count). The van der Waals surface area contributed by atoms with Crippen LogP contribution in [0.3, 0.4) is 0 Å². The molecule has 0 aromatic rings. The zero-order valence-corrected chi connectivity index (χ0v) is 7.74. The molecule has 0 amide bonds. The molecule has 0 aromatic carbocycles. The summed E-state index contributed by atoms with van der Waals surface area (Å²) in [5.74, 6) is 0. The lowest BCUT2D eigenvalue weighted by Crippen LogP contribution is -2.12. The Bertz CT molecular complexity index is 236. The molecule has 0 radical (unpaired) electrons. The van der Waals surface area contributed by atoms with Crippen LogP contribution in [-0.2, 0) is 0 Å². The molecule has 1 heterocycles. The van der Waals surface area contributed by atoms with Crippen molar-refractivity contribution in [2.24, 2.45) is 0 Å². The molecule has 0 unspecified atom stereocenters. The van der Waals surface area contributed by atoms with E-state index in [2.05, 4.69) is 24.1 Å². The number of aliphatic hydroxyl groups is 1. The molecule has 62 valence electrons. The minimum atomic E-state index is 0.235. The van der Waals surface area contributed by atoms with Crippen LogP contribution in [0, 0.1) is 5.31 Å². The van der Waals surface area contributed by atoms with Gasteiger partial charge in [0.05, 0.1) is 0 Å². The maximum absolute atomic E-state index is 8.71. The molecule has 0 atom stereocenters. The van der Waals surface area contributed by atoms with Gasteiger partial charge >= 0.3 is 0 Å². The van der Waals surface area contributed by atoms with Crippen LogP contribution in [0.4, 0.5) is 0 Å². The van der Waals surface area contributed by atoms with Gasteiger partial charge in [-0.2, -0.15) is 0 Å². The summed E-state index contributed by atoms with van der Waals surface area (Å²) in [6, 6.07) is 0. The number of hydrogen-bond donors (Lipinski definition) is 1. The van der Waals surface area contributed by atoms with Gasteiger partial charge in [-0.05, 0) is 13.8 Å². The molecule has 3 heteroatoms. The topological polar surface area (TPSA) is 23.5 Å². The highest BCUT2D eigenvalue weighted by Crippen LogP contribution is 2.23. The number of aliphatic hydroxyl groups excluding tert-OH is 1. The summed E-state index contributed by atoms with van der Waals surface area (Å²) in [7, 11) is 0. The van der Waals surface area contributed by atoms with Gasteiger partial charge in [-0.15, -0.1) is 0 Å². The highest BCUT2D eigenvalue weighted by molar-refractivity contribution is 7.92. The van der Waals surface area contributed by atoms with Gasteiger partial charge in [0.1, 0.15) is 0 Å². The largest absolute Gasteiger partial charge is 0.396 e. The lowest BCUT2D eigenvalue weighted by Gasteiger charge is -2.12. The molecule has 0 fully saturated rings. The summed E-state index contributed by atoms with van der Waals surface area (Å²) in [5.41, 5.74) is 1.24. The van der Waals surface area contributed by atoms with E-state index in [1.165, 1.54) is 10.6 Å². The Morgan fingerprint density at radius 3 is 2.82 bits per heavy atom. The SMILES string of the molecule is CCN1C#SC(CCO)=C1C. The van der Waals surface area contributed by atoms with Gasteiger partial charge in [-0.3, -0.25) is 0 Å². The van der Waals surface area contributed by atoms with E-state index in [-0.39, 0.29) is 6.61 Å². The molecule has 0 spiro atoms. The molecule has 0 saturated heterocycles. The maximum Gasteiger partial charge on any atom is 0.0480 e. The summed E-state index contributed by atoms with van der Waals surface area (Å²) in [4.78, 5) is 3.32. The zero-order valence-electron chi connectivity index (χ0n) is 6.92. The summed E-state index contributed by atoms with van der Waals surface area (Å²) < 4.78 is 0. The monoisotopic (exact) mass is 171 g/mol. The number of rotatable bonds is 3. The van der Waals surface area contributed by atoms with Gasteiger partial charge in [0, 0.05) is 35.5 Å². The average Bonchev–Trinajstić information content (AvgIpc) is 2.34. The van der Waals surface area contributed by atoms with Gasteiger partial charge in [0.25, 0.3) is 0 Å². The third-order valence-electron chi connectivity index (χ3n) is 1.74. The van der Waals surface area contributed by atoms with Gasteiger partial charge in [-0.1, -0.05) is 11.2 Å². The summed E-state index contributed by atoms with van der Waals surface area (Å²) in [5, 5.41) is 11.9. The molecule has 0 aliphatic carbocycles. The van der Waals surface area contributed by atoms with Crippen molar-refractivity contribution in [3.05, 3.63) is 10.6 Å². The van der Waals surface area contributed by atoms with E-state index in [0.29, 0.717) is 0 Å². The van der Waals surface area contributed by atoms with Gasteiger partial charge < -0.3 is 10.0 Å². The lowest BCUT2D eigenvalue weighted by molar-refractivity contribution is 0.300. The second kappa shape index (κ2) is 3.77. The zero-order chi connectivity index (χ0) is 8.27. The van der Waals surface area contributed by atoms with Crippen molar-refractivity contribution < 1.29 is 5.11 Å². The Labute approximate surface area is 71.1 Å². The van der Waals surface area contributed by atoms with Crippen molar-refractivity contribution >= 4 is 11.2 Å². The summed E-state index contributed by atoms with van der Waals surface area (Å²) in [6.07, 6.45) is 0.764. The Balaban J connectivity index is 2.68. The van der Waals surface area contributed by atoms with Crippen LogP contribution in [-0.4, -0.2) is 23.2 Å². The Morgan fingerprint density at radius 1 is 1.64 bits per heavy atom. The number of allylic oxidation sites excluding steroid dienone is 1. The molecule has 1 aliphatic rings. The maximum atomic E-state index is 8.71. The smallest absolute Gasteiger partial charge is 0.0480 e. The first kappa shape index (κ1) is 8.60. The van der Waals surface area contributed by atoms with Crippen molar-refractivity contribution in [1.29, 1.82) is 0 Å². The van der Waals surface area contributed by atoms with Gasteiger partial charge in [0.15, 0.2) is 0 Å². The van der Waals surface area contributed by atoms with Gasteiger partial charge in [0.2, 0.25) is 0 Å². The molecular formula is C8H13NOS. The first-order chi connectivity index (χ1) is 5.29. The van der Waals surface area contributed by atoms with Crippen molar-refractivity contribution in [3.8, 4) is 5.31 Å². The predicted molar refractivity (Wildman–Crippen MR) is 48.3 cm³/mol. The molecule has 0 bridgehead atoms. The molecule has 0 saturated carbocycles. The van der Waals surface area contributed by atoms with Crippen molar-refractivity contribution in [2.75, 3.05) is 13.2 Å². The highest BCUT2D eigenvalue weighted by atomic mass is 32.1. The second-order valence-electron chi connectivity index (χ2n) is 2.42. The second-order valence-corrected chi connectivity index (χ2v) is 3.30. The van der Waals surface area contributed by atoms with E-state index >= 15 is 0 Å². The van der Waals surface area contributed by atoms with Crippen molar-refractivity contribution in [1.82, 2.24) is 4.90 Å². The molecule has 2 nitrogen and oxygen atoms in total. The van der Waals surface area contributed by atoms with Crippen molar-refractivity contribution in [2.45, 2.75) is 20.3 Å². The van der Waals surface area contributed by atoms with Crippen molar-refractivity contribution in [3.63, 3.8) is 0 Å². The first-order valence-electron chi connectivity index (χ1n) is 3.80. The van der Waals surface area contributed by atoms with E-state index in [9.17, 15) is 0 Å².